The van der Waals surface area contributed by atoms with Gasteiger partial charge in [0.1, 0.15) is 5.82 Å². The van der Waals surface area contributed by atoms with Crippen molar-refractivity contribution in [1.82, 2.24) is 19.7 Å². The summed E-state index contributed by atoms with van der Waals surface area (Å²) in [6.45, 7) is 6.01. The van der Waals surface area contributed by atoms with E-state index < -0.39 is 0 Å². The highest BCUT2D eigenvalue weighted by Gasteiger charge is 2.55. The second kappa shape index (κ2) is 9.42. The molecule has 5 fully saturated rings. The lowest BCUT2D eigenvalue weighted by atomic mass is 9.48. The van der Waals surface area contributed by atoms with Gasteiger partial charge in [-0.1, -0.05) is 48.5 Å². The van der Waals surface area contributed by atoms with Crippen molar-refractivity contribution in [2.45, 2.75) is 88.2 Å². The monoisotopic (exact) mass is 478 g/mol. The molecule has 1 atom stereocenters. The molecular weight excluding hydrogens is 440 g/mol. The Balaban J connectivity index is 1.22. The van der Waals surface area contributed by atoms with E-state index in [-0.39, 0.29) is 10.7 Å². The molecule has 6 heteroatoms. The van der Waals surface area contributed by atoms with Crippen LogP contribution in [0.25, 0.3) is 0 Å². The van der Waals surface area contributed by atoms with Crippen LogP contribution in [-0.2, 0) is 17.9 Å². The SMILES string of the molecule is CC(Sc1nnc(CN2CCCCC2)n1Cc1ccccc1)C(=O)C12CC3CC(CC(C3)C1)C2. The second-order valence-electron chi connectivity index (χ2n) is 11.6. The third-order valence-electron chi connectivity index (χ3n) is 9.00. The fourth-order valence-electron chi connectivity index (χ4n) is 7.82. The maximum absolute atomic E-state index is 13.9. The van der Waals surface area contributed by atoms with Crippen molar-refractivity contribution in [1.29, 1.82) is 0 Å². The molecule has 0 N–H and O–H groups in total. The first-order chi connectivity index (χ1) is 16.6. The van der Waals surface area contributed by atoms with Gasteiger partial charge in [-0.3, -0.25) is 9.69 Å². The van der Waals surface area contributed by atoms with Crippen LogP contribution in [0.2, 0.25) is 0 Å². The number of Topliss-reactive ketones (excluding diaryl/α,β-unsaturated/α-hetero) is 1. The lowest BCUT2D eigenvalue weighted by molar-refractivity contribution is -0.143. The molecular formula is C28H38N4OS. The number of hydrogen-bond donors (Lipinski definition) is 0. The minimum absolute atomic E-state index is 0.0535. The van der Waals surface area contributed by atoms with Gasteiger partial charge >= 0.3 is 0 Å². The van der Waals surface area contributed by atoms with Gasteiger partial charge in [-0.25, -0.2) is 0 Å². The van der Waals surface area contributed by atoms with Crippen LogP contribution in [0.4, 0.5) is 0 Å². The van der Waals surface area contributed by atoms with Gasteiger partial charge in [-0.2, -0.15) is 0 Å². The minimum Gasteiger partial charge on any atom is -0.300 e. The Morgan fingerprint density at radius 1 is 0.971 bits per heavy atom. The molecule has 4 saturated carbocycles. The average molecular weight is 479 g/mol. The first-order valence-electron chi connectivity index (χ1n) is 13.5. The number of rotatable bonds is 8. The van der Waals surface area contributed by atoms with E-state index in [0.717, 1.165) is 74.2 Å². The number of piperidine rings is 1. The Labute approximate surface area is 208 Å². The average Bonchev–Trinajstić information content (AvgIpc) is 3.19. The summed E-state index contributed by atoms with van der Waals surface area (Å²) in [5.41, 5.74) is 1.20. The molecule has 0 spiro atoms. The molecule has 34 heavy (non-hydrogen) atoms. The molecule has 4 bridgehead atoms. The molecule has 1 saturated heterocycles. The first-order valence-corrected chi connectivity index (χ1v) is 14.4. The molecule has 2 aromatic rings. The number of carbonyl (C=O) groups is 1. The maximum Gasteiger partial charge on any atom is 0.192 e. The van der Waals surface area contributed by atoms with Crippen LogP contribution >= 0.6 is 11.8 Å². The number of benzene rings is 1. The van der Waals surface area contributed by atoms with Crippen LogP contribution in [0.3, 0.4) is 0 Å². The van der Waals surface area contributed by atoms with Crippen LogP contribution in [0.5, 0.6) is 0 Å². The number of hydrogen-bond acceptors (Lipinski definition) is 5. The molecule has 2 heterocycles. The van der Waals surface area contributed by atoms with Crippen molar-refractivity contribution in [3.63, 3.8) is 0 Å². The maximum atomic E-state index is 13.9. The number of likely N-dealkylation sites (tertiary alicyclic amines) is 1. The summed E-state index contributed by atoms with van der Waals surface area (Å²) in [7, 11) is 0. The zero-order valence-corrected chi connectivity index (χ0v) is 21.3. The third-order valence-corrected chi connectivity index (χ3v) is 10.1. The van der Waals surface area contributed by atoms with Crippen LogP contribution in [0, 0.1) is 23.2 Å². The molecule has 1 aliphatic heterocycles. The van der Waals surface area contributed by atoms with Crippen molar-refractivity contribution in [3.8, 4) is 0 Å². The van der Waals surface area contributed by atoms with E-state index >= 15 is 0 Å². The van der Waals surface area contributed by atoms with Crippen molar-refractivity contribution in [2.24, 2.45) is 23.2 Å². The Morgan fingerprint density at radius 3 is 2.26 bits per heavy atom. The molecule has 1 aromatic heterocycles. The van der Waals surface area contributed by atoms with E-state index in [9.17, 15) is 4.79 Å². The van der Waals surface area contributed by atoms with Gasteiger partial charge in [0.2, 0.25) is 0 Å². The molecule has 0 radical (unpaired) electrons. The minimum atomic E-state index is -0.0715. The zero-order chi connectivity index (χ0) is 23.1. The van der Waals surface area contributed by atoms with E-state index in [4.69, 9.17) is 0 Å². The van der Waals surface area contributed by atoms with Crippen LogP contribution < -0.4 is 0 Å². The number of nitrogens with zero attached hydrogens (tertiary/aromatic N) is 4. The normalized spacial score (nSPS) is 31.6. The molecule has 0 amide bonds. The molecule has 4 aliphatic carbocycles. The molecule has 1 aromatic carbocycles. The number of ketones is 1. The predicted molar refractivity (Wildman–Crippen MR) is 136 cm³/mol. The van der Waals surface area contributed by atoms with E-state index in [0.29, 0.717) is 5.78 Å². The van der Waals surface area contributed by atoms with Gasteiger partial charge < -0.3 is 4.57 Å². The Morgan fingerprint density at radius 2 is 1.62 bits per heavy atom. The van der Waals surface area contributed by atoms with E-state index in [1.54, 1.807) is 11.8 Å². The molecule has 1 unspecified atom stereocenters. The lowest BCUT2D eigenvalue weighted by Gasteiger charge is -2.56. The van der Waals surface area contributed by atoms with Crippen LogP contribution in [0.1, 0.15) is 76.1 Å². The Kier molecular flexibility index (Phi) is 6.31. The molecule has 5 aliphatic rings. The summed E-state index contributed by atoms with van der Waals surface area (Å²) in [5.74, 6) is 3.91. The van der Waals surface area contributed by atoms with E-state index in [1.165, 1.54) is 44.1 Å². The van der Waals surface area contributed by atoms with E-state index in [2.05, 4.69) is 56.9 Å². The summed E-state index contributed by atoms with van der Waals surface area (Å²) in [6.07, 6.45) is 11.4. The van der Waals surface area contributed by atoms with Crippen LogP contribution in [-0.4, -0.2) is 43.8 Å². The van der Waals surface area contributed by atoms with Crippen molar-refractivity contribution < 1.29 is 4.79 Å². The highest BCUT2D eigenvalue weighted by atomic mass is 32.2. The van der Waals surface area contributed by atoms with Crippen molar-refractivity contribution in [2.75, 3.05) is 13.1 Å². The zero-order valence-electron chi connectivity index (χ0n) is 20.5. The smallest absolute Gasteiger partial charge is 0.192 e. The number of aromatic nitrogens is 3. The fourth-order valence-corrected chi connectivity index (χ4v) is 8.88. The standard InChI is InChI=1S/C28H38N4OS/c1-20(26(33)28-15-22-12-23(16-28)14-24(13-22)17-28)34-27-30-29-25(19-31-10-6-3-7-11-31)32(27)18-21-8-4-2-5-9-21/h2,4-5,8-9,20,22-24H,3,6-7,10-19H2,1H3. The topological polar surface area (TPSA) is 51.0 Å². The van der Waals surface area contributed by atoms with Crippen molar-refractivity contribution in [3.05, 3.63) is 41.7 Å². The highest BCUT2D eigenvalue weighted by molar-refractivity contribution is 8.00. The van der Waals surface area contributed by atoms with Crippen LogP contribution in [0.15, 0.2) is 35.5 Å². The van der Waals surface area contributed by atoms with Gasteiger partial charge in [0.15, 0.2) is 10.9 Å². The van der Waals surface area contributed by atoms with Gasteiger partial charge in [0.05, 0.1) is 18.3 Å². The summed E-state index contributed by atoms with van der Waals surface area (Å²) in [6, 6.07) is 10.6. The molecule has 5 nitrogen and oxygen atoms in total. The summed E-state index contributed by atoms with van der Waals surface area (Å²) in [4.78, 5) is 16.4. The largest absolute Gasteiger partial charge is 0.300 e. The molecule has 182 valence electrons. The predicted octanol–water partition coefficient (Wildman–Crippen LogP) is 5.58. The summed E-state index contributed by atoms with van der Waals surface area (Å²) >= 11 is 1.65. The second-order valence-corrected chi connectivity index (χ2v) is 12.9. The van der Waals surface area contributed by atoms with E-state index in [1.807, 2.05) is 0 Å². The van der Waals surface area contributed by atoms with Gasteiger partial charge in [0.25, 0.3) is 0 Å². The third kappa shape index (κ3) is 4.48. The van der Waals surface area contributed by atoms with Crippen molar-refractivity contribution >= 4 is 17.5 Å². The lowest BCUT2D eigenvalue weighted by Crippen LogP contribution is -2.51. The number of carbonyl (C=O) groups excluding carboxylic acids is 1. The highest BCUT2D eigenvalue weighted by Crippen LogP contribution is 2.61. The van der Waals surface area contributed by atoms with Gasteiger partial charge in [-0.15, -0.1) is 10.2 Å². The van der Waals surface area contributed by atoms with Gasteiger partial charge in [-0.05, 0) is 94.7 Å². The quantitative estimate of drug-likeness (QED) is 0.464. The Bertz CT molecular complexity index is 977. The Hall–Kier alpha value is -1.66. The van der Waals surface area contributed by atoms with Gasteiger partial charge in [0, 0.05) is 5.41 Å². The number of thioether (sulfide) groups is 1. The fraction of sp³-hybridized carbons (Fsp3) is 0.679. The summed E-state index contributed by atoms with van der Waals surface area (Å²) in [5, 5.41) is 10.1. The first kappa shape index (κ1) is 22.8. The molecule has 7 rings (SSSR count). The summed E-state index contributed by atoms with van der Waals surface area (Å²) < 4.78 is 2.28.